The summed E-state index contributed by atoms with van der Waals surface area (Å²) < 4.78 is 5.54. The molecule has 3 heteroatoms. The van der Waals surface area contributed by atoms with Crippen LogP contribution in [0.2, 0.25) is 0 Å². The first kappa shape index (κ1) is 14.8. The topological polar surface area (TPSA) is 9.23 Å². The first-order chi connectivity index (χ1) is 7.20. The third-order valence-electron chi connectivity index (χ3n) is 1.70. The fourth-order valence-electron chi connectivity index (χ4n) is 0.959. The maximum Gasteiger partial charge on any atom is 0.102 e. The smallest absolute Gasteiger partial charge is 0.102 e. The second-order valence-electron chi connectivity index (χ2n) is 2.98. The van der Waals surface area contributed by atoms with Gasteiger partial charge in [-0.3, -0.25) is 0 Å². The average molecular weight is 242 g/mol. The zero-order valence-electron chi connectivity index (χ0n) is 9.29. The highest BCUT2D eigenvalue weighted by molar-refractivity contribution is 7.81. The van der Waals surface area contributed by atoms with Gasteiger partial charge in [0, 0.05) is 12.8 Å². The molecule has 0 aliphatic heterocycles. The second kappa shape index (κ2) is 10.3. The molecule has 0 saturated heterocycles. The van der Waals surface area contributed by atoms with Crippen molar-refractivity contribution in [3.63, 3.8) is 0 Å². The Kier molecular flexibility index (Phi) is 10.2. The van der Waals surface area contributed by atoms with Crippen LogP contribution in [0.4, 0.5) is 0 Å². The Morgan fingerprint density at radius 3 is 1.67 bits per heavy atom. The monoisotopic (exact) mass is 242 g/mol. The van der Waals surface area contributed by atoms with Gasteiger partial charge in [-0.25, -0.2) is 0 Å². The molecule has 0 rings (SSSR count). The molecule has 0 spiro atoms. The van der Waals surface area contributed by atoms with E-state index in [-0.39, 0.29) is 10.9 Å². The average Bonchev–Trinajstić information content (AvgIpc) is 2.18. The number of thiol groups is 2. The molecule has 1 nitrogen and oxygen atoms in total. The minimum Gasteiger partial charge on any atom is -0.354 e. The minimum atomic E-state index is -0.0806. The highest BCUT2D eigenvalue weighted by Crippen LogP contribution is 2.14. The van der Waals surface area contributed by atoms with Gasteiger partial charge in [0.05, 0.1) is 0 Å². The molecular weight excluding hydrogens is 224 g/mol. The summed E-state index contributed by atoms with van der Waals surface area (Å²) in [5.74, 6) is 11.6. The van der Waals surface area contributed by atoms with Gasteiger partial charge in [-0.05, 0) is 26.7 Å². The van der Waals surface area contributed by atoms with E-state index >= 15 is 0 Å². The molecule has 0 fully saturated rings. The molecule has 0 amide bonds. The van der Waals surface area contributed by atoms with Gasteiger partial charge in [0.25, 0.3) is 0 Å². The Balaban J connectivity index is 3.57. The molecule has 0 aromatic rings. The summed E-state index contributed by atoms with van der Waals surface area (Å²) in [4.78, 5) is 0. The van der Waals surface area contributed by atoms with E-state index in [1.54, 1.807) is 0 Å². The molecule has 0 aromatic heterocycles. The summed E-state index contributed by atoms with van der Waals surface area (Å²) in [6.45, 7) is 3.67. The van der Waals surface area contributed by atoms with E-state index in [2.05, 4.69) is 48.9 Å². The lowest BCUT2D eigenvalue weighted by Gasteiger charge is -2.16. The van der Waals surface area contributed by atoms with Crippen LogP contribution in [0.5, 0.6) is 0 Å². The van der Waals surface area contributed by atoms with E-state index in [0.29, 0.717) is 0 Å². The summed E-state index contributed by atoms with van der Waals surface area (Å²) in [5, 5.41) is 0. The van der Waals surface area contributed by atoms with Crippen molar-refractivity contribution < 1.29 is 4.74 Å². The Morgan fingerprint density at radius 2 is 1.33 bits per heavy atom. The molecule has 0 aromatic carbocycles. The maximum absolute atomic E-state index is 5.54. The minimum absolute atomic E-state index is 0.0806. The molecule has 0 N–H and O–H groups in total. The second-order valence-corrected chi connectivity index (χ2v) is 4.13. The summed E-state index contributed by atoms with van der Waals surface area (Å²) in [5.41, 5.74) is -0.161. The van der Waals surface area contributed by atoms with Crippen LogP contribution in [0.25, 0.3) is 0 Å². The molecule has 2 unspecified atom stereocenters. The van der Waals surface area contributed by atoms with Crippen LogP contribution in [-0.4, -0.2) is 10.9 Å². The van der Waals surface area contributed by atoms with Gasteiger partial charge in [-0.15, -0.1) is 48.9 Å². The van der Waals surface area contributed by atoms with Gasteiger partial charge in [0.15, 0.2) is 0 Å². The number of ether oxygens (including phenoxy) is 1. The van der Waals surface area contributed by atoms with Gasteiger partial charge in [0.1, 0.15) is 10.9 Å². The molecule has 0 bridgehead atoms. The molecule has 0 radical (unpaired) electrons. The van der Waals surface area contributed by atoms with E-state index in [1.165, 1.54) is 0 Å². The van der Waals surface area contributed by atoms with E-state index in [9.17, 15) is 0 Å². The normalized spacial score (nSPS) is 13.1. The quantitative estimate of drug-likeness (QED) is 0.413. The van der Waals surface area contributed by atoms with E-state index in [1.807, 2.05) is 13.8 Å². The molecule has 0 saturated carbocycles. The first-order valence-corrected chi connectivity index (χ1v) is 6.04. The van der Waals surface area contributed by atoms with E-state index in [4.69, 9.17) is 4.74 Å². The molecule has 0 aliphatic carbocycles. The van der Waals surface area contributed by atoms with Crippen molar-refractivity contribution in [2.45, 2.75) is 50.4 Å². The summed E-state index contributed by atoms with van der Waals surface area (Å²) in [6.07, 6.45) is 3.31. The SMILES string of the molecule is CC#CCCC(S)OC(S)CCC#CC. The van der Waals surface area contributed by atoms with E-state index < -0.39 is 0 Å². The third kappa shape index (κ3) is 10.1. The predicted octanol–water partition coefficient (Wildman–Crippen LogP) is 3.12. The molecule has 84 valence electrons. The first-order valence-electron chi connectivity index (χ1n) is 5.01. The van der Waals surface area contributed by atoms with Crippen molar-refractivity contribution >= 4 is 25.3 Å². The van der Waals surface area contributed by atoms with Gasteiger partial charge in [-0.2, -0.15) is 0 Å². The van der Waals surface area contributed by atoms with Crippen molar-refractivity contribution in [3.8, 4) is 23.7 Å². The summed E-state index contributed by atoms with van der Waals surface area (Å²) in [7, 11) is 0. The fourth-order valence-corrected chi connectivity index (χ4v) is 1.61. The fraction of sp³-hybridized carbons (Fsp3) is 0.667. The van der Waals surface area contributed by atoms with Crippen LogP contribution in [0.15, 0.2) is 0 Å². The van der Waals surface area contributed by atoms with Gasteiger partial charge in [0.2, 0.25) is 0 Å². The molecule has 0 aliphatic rings. The number of hydrogen-bond acceptors (Lipinski definition) is 3. The summed E-state index contributed by atoms with van der Waals surface area (Å²) >= 11 is 8.62. The molecule has 15 heavy (non-hydrogen) atoms. The van der Waals surface area contributed by atoms with Crippen LogP contribution < -0.4 is 0 Å². The number of hydrogen-bond donors (Lipinski definition) is 2. The zero-order valence-corrected chi connectivity index (χ0v) is 11.1. The maximum atomic E-state index is 5.54. The summed E-state index contributed by atoms with van der Waals surface area (Å²) in [6, 6.07) is 0. The lowest BCUT2D eigenvalue weighted by Crippen LogP contribution is -2.12. The van der Waals surface area contributed by atoms with E-state index in [0.717, 1.165) is 25.7 Å². The van der Waals surface area contributed by atoms with Crippen molar-refractivity contribution in [2.75, 3.05) is 0 Å². The van der Waals surface area contributed by atoms with Crippen LogP contribution in [-0.2, 0) is 4.74 Å². The Morgan fingerprint density at radius 1 is 0.933 bits per heavy atom. The molecule has 0 heterocycles. The predicted molar refractivity (Wildman–Crippen MR) is 72.0 cm³/mol. The number of rotatable bonds is 6. The van der Waals surface area contributed by atoms with Crippen LogP contribution in [0.1, 0.15) is 39.5 Å². The highest BCUT2D eigenvalue weighted by atomic mass is 32.1. The van der Waals surface area contributed by atoms with Gasteiger partial charge >= 0.3 is 0 Å². The Bertz CT molecular complexity index is 239. The van der Waals surface area contributed by atoms with Gasteiger partial charge < -0.3 is 4.74 Å². The lowest BCUT2D eigenvalue weighted by atomic mass is 10.3. The Hall–Kier alpha value is -0.220. The van der Waals surface area contributed by atoms with Crippen molar-refractivity contribution in [1.29, 1.82) is 0 Å². The standard InChI is InChI=1S/C12H18OS2/c1-3-5-7-9-11(14)13-12(15)10-8-6-4-2/h11-12,14-15H,7-10H2,1-2H3. The largest absolute Gasteiger partial charge is 0.354 e. The highest BCUT2D eigenvalue weighted by Gasteiger charge is 2.08. The lowest BCUT2D eigenvalue weighted by molar-refractivity contribution is 0.0860. The molecule has 2 atom stereocenters. The molecular formula is C12H18OS2. The van der Waals surface area contributed by atoms with Crippen LogP contribution in [0, 0.1) is 23.7 Å². The van der Waals surface area contributed by atoms with Crippen molar-refractivity contribution in [1.82, 2.24) is 0 Å². The van der Waals surface area contributed by atoms with Crippen molar-refractivity contribution in [3.05, 3.63) is 0 Å². The third-order valence-corrected chi connectivity index (χ3v) is 2.46. The van der Waals surface area contributed by atoms with Gasteiger partial charge in [-0.1, -0.05) is 0 Å². The van der Waals surface area contributed by atoms with Crippen molar-refractivity contribution in [2.24, 2.45) is 0 Å². The van der Waals surface area contributed by atoms with Crippen LogP contribution in [0.3, 0.4) is 0 Å². The Labute approximate surface area is 104 Å². The zero-order chi connectivity index (χ0) is 11.5. The van der Waals surface area contributed by atoms with Crippen LogP contribution >= 0.6 is 25.3 Å².